The molecule has 0 unspecified atom stereocenters. The van der Waals surface area contributed by atoms with E-state index in [2.05, 4.69) is 20.9 Å². The third kappa shape index (κ3) is 6.30. The van der Waals surface area contributed by atoms with Gasteiger partial charge in [-0.15, -0.1) is 6.42 Å². The van der Waals surface area contributed by atoms with Gasteiger partial charge >= 0.3 is 12.3 Å². The van der Waals surface area contributed by atoms with Gasteiger partial charge < -0.3 is 39.0 Å². The first kappa shape index (κ1) is 28.5. The van der Waals surface area contributed by atoms with Gasteiger partial charge in [0.05, 0.1) is 5.39 Å². The molecule has 5 rings (SSSR count). The lowest BCUT2D eigenvalue weighted by Crippen LogP contribution is -2.45. The van der Waals surface area contributed by atoms with Crippen LogP contribution >= 0.6 is 11.6 Å². The van der Waals surface area contributed by atoms with Crippen LogP contribution in [0, 0.1) is 12.3 Å². The lowest BCUT2D eigenvalue weighted by atomic mass is 9.98. The van der Waals surface area contributed by atoms with Crippen LogP contribution in [-0.4, -0.2) is 50.1 Å². The number of halogens is 1. The maximum Gasteiger partial charge on any atom is 0.509 e. The summed E-state index contributed by atoms with van der Waals surface area (Å²) >= 11 is 6.03. The first-order valence-corrected chi connectivity index (χ1v) is 12.9. The molecule has 4 heterocycles. The molecule has 3 N–H and O–H groups in total. The molecule has 42 heavy (non-hydrogen) atoms. The van der Waals surface area contributed by atoms with Gasteiger partial charge in [-0.25, -0.2) is 14.6 Å². The van der Waals surface area contributed by atoms with E-state index < -0.39 is 36.9 Å². The van der Waals surface area contributed by atoms with Crippen molar-refractivity contribution in [3.8, 4) is 12.3 Å². The van der Waals surface area contributed by atoms with Gasteiger partial charge in [-0.3, -0.25) is 4.79 Å². The van der Waals surface area contributed by atoms with Gasteiger partial charge in [0.15, 0.2) is 6.10 Å². The molecule has 0 amide bonds. The molecule has 1 aliphatic rings. The van der Waals surface area contributed by atoms with Crippen molar-refractivity contribution in [2.75, 3.05) is 12.3 Å². The number of benzene rings is 1. The highest BCUT2D eigenvalue weighted by atomic mass is 35.5. The maximum atomic E-state index is 12.7. The van der Waals surface area contributed by atoms with Gasteiger partial charge in [0.25, 0.3) is 0 Å². The summed E-state index contributed by atoms with van der Waals surface area (Å²) in [6.07, 6.45) is 4.93. The lowest BCUT2D eigenvalue weighted by molar-refractivity contribution is -0.106. The lowest BCUT2D eigenvalue weighted by Gasteiger charge is -2.28. The molecular formula is C28H24ClN5O8. The van der Waals surface area contributed by atoms with Crippen molar-refractivity contribution >= 4 is 40.8 Å². The maximum absolute atomic E-state index is 12.7. The Hall–Kier alpha value is -5.06. The average molecular weight is 594 g/mol. The molecule has 4 aromatic rings. The molecule has 1 aromatic carbocycles. The van der Waals surface area contributed by atoms with E-state index >= 15 is 0 Å². The highest BCUT2D eigenvalue weighted by Crippen LogP contribution is 2.41. The number of fused-ring (bicyclic) bond motifs is 1. The fourth-order valence-corrected chi connectivity index (χ4v) is 4.58. The monoisotopic (exact) mass is 593 g/mol. The summed E-state index contributed by atoms with van der Waals surface area (Å²) in [7, 11) is 0. The summed E-state index contributed by atoms with van der Waals surface area (Å²) in [5.74, 6) is 2.64. The van der Waals surface area contributed by atoms with E-state index in [4.69, 9.17) is 47.4 Å². The van der Waals surface area contributed by atoms with Gasteiger partial charge in [0.1, 0.15) is 37.5 Å². The van der Waals surface area contributed by atoms with Crippen LogP contribution in [0.3, 0.4) is 0 Å². The van der Waals surface area contributed by atoms with E-state index in [0.717, 1.165) is 5.56 Å². The van der Waals surface area contributed by atoms with E-state index in [1.165, 1.54) is 12.3 Å². The topological polar surface area (TPSA) is 170 Å². The van der Waals surface area contributed by atoms with Crippen LogP contribution in [0.15, 0.2) is 65.7 Å². The molecule has 1 aliphatic heterocycles. The van der Waals surface area contributed by atoms with E-state index in [1.807, 2.05) is 6.07 Å². The Morgan fingerprint density at radius 3 is 2.64 bits per heavy atom. The fourth-order valence-electron chi connectivity index (χ4n) is 4.41. The van der Waals surface area contributed by atoms with E-state index in [9.17, 15) is 14.4 Å². The SMILES string of the molecule is C#C[C@]1(COC(=O)OCc2cc[nH]c(=O)c2)O[C@@H](n2ccc3c(N)nc(Cl)nc32)C[C@@H]1OC(=O)OCc1ccccc1. The third-order valence-electron chi connectivity index (χ3n) is 6.45. The van der Waals surface area contributed by atoms with Crippen molar-refractivity contribution in [2.45, 2.75) is 37.6 Å². The number of rotatable bonds is 8. The summed E-state index contributed by atoms with van der Waals surface area (Å²) in [5, 5.41) is 0.436. The van der Waals surface area contributed by atoms with Crippen LogP contribution in [0.5, 0.6) is 0 Å². The Morgan fingerprint density at radius 2 is 1.88 bits per heavy atom. The molecule has 3 atom stereocenters. The van der Waals surface area contributed by atoms with Crippen molar-refractivity contribution in [2.24, 2.45) is 0 Å². The molecular weight excluding hydrogens is 570 g/mol. The number of hydrogen-bond acceptors (Lipinski definition) is 11. The molecule has 0 bridgehead atoms. The van der Waals surface area contributed by atoms with Crippen LogP contribution < -0.4 is 11.3 Å². The number of carbonyl (C=O) groups excluding carboxylic acids is 2. The van der Waals surface area contributed by atoms with E-state index in [1.54, 1.807) is 47.2 Å². The van der Waals surface area contributed by atoms with Gasteiger partial charge in [-0.1, -0.05) is 36.3 Å². The summed E-state index contributed by atoms with van der Waals surface area (Å²) in [6.45, 7) is -0.804. The van der Waals surface area contributed by atoms with Gasteiger partial charge in [-0.2, -0.15) is 4.98 Å². The van der Waals surface area contributed by atoms with Crippen LogP contribution in [-0.2, 0) is 36.9 Å². The Balaban J connectivity index is 1.33. The number of nitrogens with zero attached hydrogens (tertiary/aromatic N) is 3. The van der Waals surface area contributed by atoms with Crippen molar-refractivity contribution in [1.29, 1.82) is 0 Å². The highest BCUT2D eigenvalue weighted by molar-refractivity contribution is 6.28. The molecule has 0 aliphatic carbocycles. The quantitative estimate of drug-likeness (QED) is 0.173. The number of nitrogen functional groups attached to an aromatic ring is 1. The molecule has 1 saturated heterocycles. The Bertz CT molecular complexity index is 1700. The summed E-state index contributed by atoms with van der Waals surface area (Å²) in [5.41, 5.74) is 5.44. The zero-order valence-electron chi connectivity index (χ0n) is 21.9. The second-order valence-corrected chi connectivity index (χ2v) is 9.54. The van der Waals surface area contributed by atoms with E-state index in [-0.39, 0.29) is 36.3 Å². The zero-order valence-corrected chi connectivity index (χ0v) is 22.7. The van der Waals surface area contributed by atoms with Crippen LogP contribution in [0.2, 0.25) is 5.28 Å². The van der Waals surface area contributed by atoms with Gasteiger partial charge in [-0.05, 0) is 34.9 Å². The predicted molar refractivity (Wildman–Crippen MR) is 148 cm³/mol. The number of terminal acetylenes is 1. The Morgan fingerprint density at radius 1 is 1.12 bits per heavy atom. The number of ether oxygens (including phenoxy) is 5. The summed E-state index contributed by atoms with van der Waals surface area (Å²) in [4.78, 5) is 47.3. The number of aromatic amines is 1. The smallest absolute Gasteiger partial charge is 0.430 e. The Kier molecular flexibility index (Phi) is 8.28. The number of nitrogens with two attached hydrogens (primary N) is 1. The van der Waals surface area contributed by atoms with Crippen molar-refractivity contribution in [3.63, 3.8) is 0 Å². The largest absolute Gasteiger partial charge is 0.509 e. The van der Waals surface area contributed by atoms with Crippen LogP contribution in [0.1, 0.15) is 23.8 Å². The number of H-pyrrole nitrogens is 1. The normalized spacial score (nSPS) is 19.6. The molecule has 216 valence electrons. The van der Waals surface area contributed by atoms with Crippen LogP contribution in [0.25, 0.3) is 11.0 Å². The van der Waals surface area contributed by atoms with Gasteiger partial charge in [0.2, 0.25) is 16.4 Å². The number of nitrogens with one attached hydrogen (secondary N) is 1. The van der Waals surface area contributed by atoms with E-state index in [0.29, 0.717) is 16.6 Å². The average Bonchev–Trinajstić information content (AvgIpc) is 3.56. The minimum absolute atomic E-state index is 0.0289. The summed E-state index contributed by atoms with van der Waals surface area (Å²) < 4.78 is 29.1. The number of carbonyl (C=O) groups is 2. The fraction of sp³-hybridized carbons (Fsp3) is 0.250. The number of pyridine rings is 1. The molecule has 0 radical (unpaired) electrons. The minimum Gasteiger partial charge on any atom is -0.430 e. The standard InChI is InChI=1S/C28H24ClN5O8/c1-2-28(16-40-26(36)38-15-18-8-10-31-21(35)12-18)20(41-27(37)39-14-17-6-4-3-5-7-17)13-22(42-28)34-11-9-19-23(30)32-25(29)33-24(19)34/h1,3-12,20,22H,13-16H2,(H,31,35)(H2,30,32,33)/t20-,22+,28+/m0/s1. The third-order valence-corrected chi connectivity index (χ3v) is 6.62. The number of anilines is 1. The molecule has 1 fully saturated rings. The summed E-state index contributed by atoms with van der Waals surface area (Å²) in [6, 6.07) is 13.5. The minimum atomic E-state index is -1.74. The second-order valence-electron chi connectivity index (χ2n) is 9.20. The predicted octanol–water partition coefficient (Wildman–Crippen LogP) is 3.72. The number of hydrogen-bond donors (Lipinski definition) is 2. The van der Waals surface area contributed by atoms with Gasteiger partial charge in [0, 0.05) is 24.9 Å². The first-order valence-electron chi connectivity index (χ1n) is 12.6. The molecule has 0 spiro atoms. The highest BCUT2D eigenvalue weighted by Gasteiger charge is 2.52. The second kappa shape index (κ2) is 12.2. The van der Waals surface area contributed by atoms with Crippen LogP contribution in [0.4, 0.5) is 15.4 Å². The molecule has 14 heteroatoms. The zero-order chi connectivity index (χ0) is 29.7. The molecule has 0 saturated carbocycles. The molecule has 3 aromatic heterocycles. The molecule has 13 nitrogen and oxygen atoms in total. The van der Waals surface area contributed by atoms with Crippen molar-refractivity contribution in [1.82, 2.24) is 19.5 Å². The van der Waals surface area contributed by atoms with Crippen molar-refractivity contribution < 1.29 is 33.3 Å². The Labute approximate surface area is 243 Å². The first-order chi connectivity index (χ1) is 20.3. The van der Waals surface area contributed by atoms with Crippen molar-refractivity contribution in [3.05, 3.63) is 87.7 Å². The number of aromatic nitrogens is 4.